The highest BCUT2D eigenvalue weighted by atomic mass is 16.7. The second-order valence-corrected chi connectivity index (χ2v) is 10.6. The average Bonchev–Trinajstić information content (AvgIpc) is 2.78. The first kappa shape index (κ1) is 22.2. The van der Waals surface area contributed by atoms with Gasteiger partial charge < -0.3 is 19.3 Å². The largest absolute Gasteiger partial charge is 0.513 e. The first-order chi connectivity index (χ1) is 15.9. The third-order valence-electron chi connectivity index (χ3n) is 8.18. The number of benzene rings is 1. The Morgan fingerprint density at radius 3 is 1.97 bits per heavy atom. The maximum atomic E-state index is 13.2. The summed E-state index contributed by atoms with van der Waals surface area (Å²) in [6.45, 7) is 4.24. The van der Waals surface area contributed by atoms with E-state index < -0.39 is 6.16 Å². The van der Waals surface area contributed by atoms with Crippen molar-refractivity contribution in [1.29, 1.82) is 0 Å². The molecule has 1 heterocycles. The van der Waals surface area contributed by atoms with E-state index in [1.54, 1.807) is 36.1 Å². The molecule has 7 heteroatoms. The fraction of sp³-hybridized carbons (Fsp3) is 0.654. The number of rotatable bonds is 5. The number of nitrogens with zero attached hydrogens (tertiary/aromatic N) is 2. The van der Waals surface area contributed by atoms with Crippen LogP contribution in [0.1, 0.15) is 62.2 Å². The molecule has 33 heavy (non-hydrogen) atoms. The van der Waals surface area contributed by atoms with E-state index in [0.717, 1.165) is 17.8 Å². The van der Waals surface area contributed by atoms with E-state index in [1.165, 1.54) is 38.5 Å². The Morgan fingerprint density at radius 1 is 0.879 bits per heavy atom. The lowest BCUT2D eigenvalue weighted by Gasteiger charge is -2.57. The molecule has 2 amide bonds. The summed E-state index contributed by atoms with van der Waals surface area (Å²) in [6, 6.07) is 6.49. The van der Waals surface area contributed by atoms with Crippen molar-refractivity contribution in [2.24, 2.45) is 23.2 Å². The van der Waals surface area contributed by atoms with Crippen LogP contribution in [0.4, 0.5) is 4.79 Å². The second kappa shape index (κ2) is 8.99. The number of carbonyl (C=O) groups is 3. The van der Waals surface area contributed by atoms with Crippen LogP contribution < -0.4 is 4.74 Å². The minimum atomic E-state index is -0.758. The average molecular weight is 455 g/mol. The van der Waals surface area contributed by atoms with Crippen LogP contribution in [-0.4, -0.2) is 60.6 Å². The molecule has 6 rings (SSSR count). The van der Waals surface area contributed by atoms with Crippen LogP contribution in [0.5, 0.6) is 5.75 Å². The lowest BCUT2D eigenvalue weighted by molar-refractivity contribution is -0.141. The summed E-state index contributed by atoms with van der Waals surface area (Å²) in [5.41, 5.74) is 0.797. The van der Waals surface area contributed by atoms with Gasteiger partial charge in [0.15, 0.2) is 0 Å². The van der Waals surface area contributed by atoms with Crippen molar-refractivity contribution >= 4 is 18.0 Å². The molecule has 7 nitrogen and oxygen atoms in total. The van der Waals surface area contributed by atoms with Crippen LogP contribution in [0.2, 0.25) is 0 Å². The summed E-state index contributed by atoms with van der Waals surface area (Å²) in [6.07, 6.45) is 7.87. The van der Waals surface area contributed by atoms with E-state index in [9.17, 15) is 14.4 Å². The van der Waals surface area contributed by atoms with Crippen molar-refractivity contribution in [3.63, 3.8) is 0 Å². The van der Waals surface area contributed by atoms with Gasteiger partial charge in [0.05, 0.1) is 6.61 Å². The van der Waals surface area contributed by atoms with Gasteiger partial charge >= 0.3 is 6.16 Å². The Bertz CT molecular complexity index is 868. The standard InChI is InChI=1S/C26H34N2O5/c1-2-32-25(31)33-22-5-3-21(4-6-22)24(30)28-9-7-27(8-10-28)23(29)17-26-14-18-11-19(15-26)13-20(12-18)16-26/h3-6,18-20H,2,7-17H2,1H3. The molecule has 0 radical (unpaired) electrons. The smallest absolute Gasteiger partial charge is 0.434 e. The molecule has 1 aromatic rings. The van der Waals surface area contributed by atoms with E-state index in [0.29, 0.717) is 43.9 Å². The van der Waals surface area contributed by atoms with Crippen LogP contribution in [-0.2, 0) is 9.53 Å². The normalized spacial score (nSPS) is 30.3. The summed E-state index contributed by atoms with van der Waals surface area (Å²) in [4.78, 5) is 41.3. The van der Waals surface area contributed by atoms with Crippen LogP contribution in [0.25, 0.3) is 0 Å². The van der Waals surface area contributed by atoms with E-state index in [1.807, 2.05) is 4.90 Å². The molecule has 1 aliphatic heterocycles. The molecule has 178 valence electrons. The quantitative estimate of drug-likeness (QED) is 0.494. The van der Waals surface area contributed by atoms with Gasteiger partial charge in [-0.1, -0.05) is 0 Å². The fourth-order valence-corrected chi connectivity index (χ4v) is 7.19. The van der Waals surface area contributed by atoms with E-state index in [4.69, 9.17) is 9.47 Å². The van der Waals surface area contributed by atoms with Gasteiger partial charge in [-0.25, -0.2) is 4.79 Å². The lowest BCUT2D eigenvalue weighted by Crippen LogP contribution is -2.53. The van der Waals surface area contributed by atoms with Gasteiger partial charge in [0, 0.05) is 38.2 Å². The molecule has 0 unspecified atom stereocenters. The molecule has 4 saturated carbocycles. The topological polar surface area (TPSA) is 76.2 Å². The predicted octanol–water partition coefficient (Wildman–Crippen LogP) is 4.11. The monoisotopic (exact) mass is 454 g/mol. The molecule has 5 aliphatic rings. The fourth-order valence-electron chi connectivity index (χ4n) is 7.19. The molecule has 1 aromatic carbocycles. The number of ether oxygens (including phenoxy) is 2. The Labute approximate surface area is 195 Å². The molecule has 4 bridgehead atoms. The number of carbonyl (C=O) groups excluding carboxylic acids is 3. The van der Waals surface area contributed by atoms with Gasteiger partial charge in [0.25, 0.3) is 5.91 Å². The highest BCUT2D eigenvalue weighted by Gasteiger charge is 2.51. The van der Waals surface area contributed by atoms with Crippen molar-refractivity contribution in [2.75, 3.05) is 32.8 Å². The van der Waals surface area contributed by atoms with Crippen molar-refractivity contribution in [3.05, 3.63) is 29.8 Å². The van der Waals surface area contributed by atoms with Crippen LogP contribution in [0.15, 0.2) is 24.3 Å². The van der Waals surface area contributed by atoms with Crippen molar-refractivity contribution in [3.8, 4) is 5.75 Å². The summed E-state index contributed by atoms with van der Waals surface area (Å²) < 4.78 is 9.80. The molecule has 0 atom stereocenters. The van der Waals surface area contributed by atoms with Crippen molar-refractivity contribution in [2.45, 2.75) is 51.9 Å². The maximum Gasteiger partial charge on any atom is 0.513 e. The van der Waals surface area contributed by atoms with Gasteiger partial charge in [-0.2, -0.15) is 0 Å². The highest BCUT2D eigenvalue weighted by molar-refractivity contribution is 5.94. The Morgan fingerprint density at radius 2 is 1.42 bits per heavy atom. The molecule has 4 aliphatic carbocycles. The molecule has 0 N–H and O–H groups in total. The van der Waals surface area contributed by atoms with Gasteiger partial charge in [-0.3, -0.25) is 9.59 Å². The molecular weight excluding hydrogens is 420 g/mol. The zero-order chi connectivity index (χ0) is 23.0. The van der Waals surface area contributed by atoms with Gasteiger partial charge in [0.1, 0.15) is 5.75 Å². The number of amides is 2. The highest BCUT2D eigenvalue weighted by Crippen LogP contribution is 2.61. The van der Waals surface area contributed by atoms with Gasteiger partial charge in [-0.05, 0) is 92.9 Å². The third-order valence-corrected chi connectivity index (χ3v) is 8.18. The summed E-state index contributed by atoms with van der Waals surface area (Å²) >= 11 is 0. The van der Waals surface area contributed by atoms with E-state index >= 15 is 0 Å². The van der Waals surface area contributed by atoms with E-state index in [-0.39, 0.29) is 23.8 Å². The van der Waals surface area contributed by atoms with Gasteiger partial charge in [0.2, 0.25) is 5.91 Å². The second-order valence-electron chi connectivity index (χ2n) is 10.6. The van der Waals surface area contributed by atoms with Crippen LogP contribution in [0, 0.1) is 23.2 Å². The molecule has 5 fully saturated rings. The summed E-state index contributed by atoms with van der Waals surface area (Å²) in [7, 11) is 0. The number of hydrogen-bond donors (Lipinski definition) is 0. The minimum absolute atomic E-state index is 0.0640. The Balaban J connectivity index is 1.12. The first-order valence-corrected chi connectivity index (χ1v) is 12.4. The zero-order valence-corrected chi connectivity index (χ0v) is 19.5. The SMILES string of the molecule is CCOC(=O)Oc1ccc(C(=O)N2CCN(C(=O)CC34CC5CC(CC(C5)C3)C4)CC2)cc1. The lowest BCUT2D eigenvalue weighted by atomic mass is 9.49. The zero-order valence-electron chi connectivity index (χ0n) is 19.5. The van der Waals surface area contributed by atoms with Crippen molar-refractivity contribution in [1.82, 2.24) is 9.80 Å². The molecule has 0 aromatic heterocycles. The van der Waals surface area contributed by atoms with Crippen molar-refractivity contribution < 1.29 is 23.9 Å². The molecular formula is C26H34N2O5. The summed E-state index contributed by atoms with van der Waals surface area (Å²) in [5, 5.41) is 0. The van der Waals surface area contributed by atoms with Crippen LogP contribution >= 0.6 is 0 Å². The van der Waals surface area contributed by atoms with E-state index in [2.05, 4.69) is 0 Å². The predicted molar refractivity (Wildman–Crippen MR) is 122 cm³/mol. The number of piperazine rings is 1. The summed E-state index contributed by atoms with van der Waals surface area (Å²) in [5.74, 6) is 3.12. The first-order valence-electron chi connectivity index (χ1n) is 12.4. The maximum absolute atomic E-state index is 13.2. The minimum Gasteiger partial charge on any atom is -0.434 e. The molecule has 0 spiro atoms. The third kappa shape index (κ3) is 4.73. The molecule has 1 saturated heterocycles. The van der Waals surface area contributed by atoms with Crippen LogP contribution in [0.3, 0.4) is 0 Å². The Kier molecular flexibility index (Phi) is 6.06. The number of hydrogen-bond acceptors (Lipinski definition) is 5. The Hall–Kier alpha value is -2.57. The van der Waals surface area contributed by atoms with Gasteiger partial charge in [-0.15, -0.1) is 0 Å².